The molecule has 2 rings (SSSR count). The van der Waals surface area contributed by atoms with Crippen molar-refractivity contribution in [2.24, 2.45) is 10.9 Å². The Kier molecular flexibility index (Phi) is 3.85. The molecule has 1 amide bonds. The molecule has 0 aliphatic rings. The summed E-state index contributed by atoms with van der Waals surface area (Å²) < 4.78 is 0. The molecule has 6 heteroatoms. The van der Waals surface area contributed by atoms with Crippen molar-refractivity contribution in [2.45, 2.75) is 0 Å². The van der Waals surface area contributed by atoms with Crippen LogP contribution in [0.4, 0.5) is 5.69 Å². The normalized spacial score (nSPS) is 11.1. The molecule has 2 aromatic carbocycles. The van der Waals surface area contributed by atoms with Crippen LogP contribution >= 0.6 is 0 Å². The first-order valence-electron chi connectivity index (χ1n) is 5.79. The Bertz CT molecular complexity index is 668. The van der Waals surface area contributed by atoms with Gasteiger partial charge < -0.3 is 21.4 Å². The molecule has 0 fully saturated rings. The van der Waals surface area contributed by atoms with Gasteiger partial charge in [-0.05, 0) is 30.3 Å². The van der Waals surface area contributed by atoms with Gasteiger partial charge in [0.15, 0.2) is 5.84 Å². The maximum Gasteiger partial charge on any atom is 0.255 e. The minimum absolute atomic E-state index is 0.00219. The zero-order valence-corrected chi connectivity index (χ0v) is 10.4. The molecule has 0 saturated carbocycles. The summed E-state index contributed by atoms with van der Waals surface area (Å²) in [5.74, 6) is -0.502. The molecule has 0 unspecified atom stereocenters. The molecule has 0 saturated heterocycles. The molecule has 20 heavy (non-hydrogen) atoms. The fourth-order valence-corrected chi connectivity index (χ4v) is 1.71. The van der Waals surface area contributed by atoms with E-state index in [1.54, 1.807) is 36.4 Å². The van der Waals surface area contributed by atoms with Crippen LogP contribution in [0.15, 0.2) is 53.7 Å². The standard InChI is InChI=1S/C14H13N3O3/c15-13(17-20)11-6-1-2-7-12(11)16-14(19)9-4-3-5-10(18)8-9/h1-8,18,20H,(H2,15,17)(H,16,19). The van der Waals surface area contributed by atoms with Crippen LogP contribution in [0.2, 0.25) is 0 Å². The number of aromatic hydroxyl groups is 1. The number of hydrogen-bond acceptors (Lipinski definition) is 4. The number of oxime groups is 1. The molecule has 0 heterocycles. The number of nitrogens with one attached hydrogen (secondary N) is 1. The Labute approximate surface area is 115 Å². The molecule has 6 nitrogen and oxygen atoms in total. The van der Waals surface area contributed by atoms with Gasteiger partial charge in [0, 0.05) is 11.1 Å². The lowest BCUT2D eigenvalue weighted by atomic mass is 10.1. The van der Waals surface area contributed by atoms with Crippen LogP contribution in [0.25, 0.3) is 0 Å². The van der Waals surface area contributed by atoms with Crippen molar-refractivity contribution in [3.05, 3.63) is 59.7 Å². The second-order valence-corrected chi connectivity index (χ2v) is 4.04. The summed E-state index contributed by atoms with van der Waals surface area (Å²) in [4.78, 5) is 12.1. The van der Waals surface area contributed by atoms with E-state index in [1.165, 1.54) is 12.1 Å². The third-order valence-electron chi connectivity index (χ3n) is 2.67. The van der Waals surface area contributed by atoms with E-state index in [0.29, 0.717) is 16.8 Å². The fourth-order valence-electron chi connectivity index (χ4n) is 1.71. The second kappa shape index (κ2) is 5.75. The predicted molar refractivity (Wildman–Crippen MR) is 75.0 cm³/mol. The van der Waals surface area contributed by atoms with Gasteiger partial charge in [0.2, 0.25) is 0 Å². The topological polar surface area (TPSA) is 108 Å². The number of nitrogens with zero attached hydrogens (tertiary/aromatic N) is 1. The Morgan fingerprint density at radius 3 is 2.60 bits per heavy atom. The van der Waals surface area contributed by atoms with E-state index >= 15 is 0 Å². The zero-order chi connectivity index (χ0) is 14.5. The lowest BCUT2D eigenvalue weighted by Gasteiger charge is -2.10. The molecule has 5 N–H and O–H groups in total. The third-order valence-corrected chi connectivity index (χ3v) is 2.67. The number of carbonyl (C=O) groups is 1. The molecule has 0 bridgehead atoms. The molecule has 0 spiro atoms. The lowest BCUT2D eigenvalue weighted by Crippen LogP contribution is -2.19. The number of benzene rings is 2. The minimum Gasteiger partial charge on any atom is -0.508 e. The molecule has 0 aliphatic heterocycles. The minimum atomic E-state index is -0.404. The van der Waals surface area contributed by atoms with Crippen molar-refractivity contribution in [3.8, 4) is 5.75 Å². The Morgan fingerprint density at radius 2 is 1.90 bits per heavy atom. The van der Waals surface area contributed by atoms with Crippen molar-refractivity contribution in [3.63, 3.8) is 0 Å². The van der Waals surface area contributed by atoms with Crippen LogP contribution in [0.5, 0.6) is 5.75 Å². The molecule has 0 atom stereocenters. The van der Waals surface area contributed by atoms with E-state index in [0.717, 1.165) is 0 Å². The highest BCUT2D eigenvalue weighted by atomic mass is 16.4. The van der Waals surface area contributed by atoms with Crippen LogP contribution in [0.3, 0.4) is 0 Å². The number of amides is 1. The van der Waals surface area contributed by atoms with Crippen molar-refractivity contribution in [1.82, 2.24) is 0 Å². The van der Waals surface area contributed by atoms with Gasteiger partial charge in [-0.1, -0.05) is 23.4 Å². The largest absolute Gasteiger partial charge is 0.508 e. The molecule has 2 aromatic rings. The second-order valence-electron chi connectivity index (χ2n) is 4.04. The number of carbonyl (C=O) groups excluding carboxylic acids is 1. The highest BCUT2D eigenvalue weighted by molar-refractivity contribution is 6.09. The van der Waals surface area contributed by atoms with Crippen LogP contribution in [-0.4, -0.2) is 22.1 Å². The average Bonchev–Trinajstić information content (AvgIpc) is 2.47. The van der Waals surface area contributed by atoms with Crippen LogP contribution in [0.1, 0.15) is 15.9 Å². The van der Waals surface area contributed by atoms with Gasteiger partial charge in [-0.3, -0.25) is 4.79 Å². The van der Waals surface area contributed by atoms with Crippen LogP contribution in [-0.2, 0) is 0 Å². The van der Waals surface area contributed by atoms with Gasteiger partial charge in [-0.15, -0.1) is 0 Å². The number of phenols is 1. The summed E-state index contributed by atoms with van der Waals surface area (Å²) in [5.41, 5.74) is 6.67. The van der Waals surface area contributed by atoms with E-state index in [-0.39, 0.29) is 11.6 Å². The van der Waals surface area contributed by atoms with Gasteiger partial charge >= 0.3 is 0 Å². The number of anilines is 1. The van der Waals surface area contributed by atoms with E-state index in [2.05, 4.69) is 10.5 Å². The first kappa shape index (κ1) is 13.4. The summed E-state index contributed by atoms with van der Waals surface area (Å²) in [6.45, 7) is 0. The molecule has 0 aromatic heterocycles. The SMILES string of the molecule is N/C(=N/O)c1ccccc1NC(=O)c1cccc(O)c1. The summed E-state index contributed by atoms with van der Waals surface area (Å²) in [7, 11) is 0. The van der Waals surface area contributed by atoms with Crippen LogP contribution in [0, 0.1) is 0 Å². The van der Waals surface area contributed by atoms with Gasteiger partial charge in [-0.2, -0.15) is 0 Å². The summed E-state index contributed by atoms with van der Waals surface area (Å²) in [6, 6.07) is 12.6. The van der Waals surface area contributed by atoms with Gasteiger partial charge in [0.1, 0.15) is 5.75 Å². The third kappa shape index (κ3) is 2.86. The maximum atomic E-state index is 12.1. The predicted octanol–water partition coefficient (Wildman–Crippen LogP) is 1.74. The van der Waals surface area contributed by atoms with E-state index < -0.39 is 5.91 Å². The Morgan fingerprint density at radius 1 is 1.15 bits per heavy atom. The number of amidine groups is 1. The summed E-state index contributed by atoms with van der Waals surface area (Å²) in [6.07, 6.45) is 0. The average molecular weight is 271 g/mol. The maximum absolute atomic E-state index is 12.1. The highest BCUT2D eigenvalue weighted by Gasteiger charge is 2.11. The molecular weight excluding hydrogens is 258 g/mol. The Balaban J connectivity index is 2.29. The van der Waals surface area contributed by atoms with Crippen molar-refractivity contribution in [2.75, 3.05) is 5.32 Å². The van der Waals surface area contributed by atoms with Gasteiger partial charge in [0.05, 0.1) is 5.69 Å². The quantitative estimate of drug-likeness (QED) is 0.295. The van der Waals surface area contributed by atoms with E-state index in [9.17, 15) is 9.90 Å². The fraction of sp³-hybridized carbons (Fsp3) is 0. The highest BCUT2D eigenvalue weighted by Crippen LogP contribution is 2.17. The van der Waals surface area contributed by atoms with E-state index in [1.807, 2.05) is 0 Å². The first-order valence-corrected chi connectivity index (χ1v) is 5.79. The number of phenolic OH excluding ortho intramolecular Hbond substituents is 1. The number of nitrogens with two attached hydrogens (primary N) is 1. The van der Waals surface area contributed by atoms with Gasteiger partial charge in [-0.25, -0.2) is 0 Å². The van der Waals surface area contributed by atoms with Crippen molar-refractivity contribution in [1.29, 1.82) is 0 Å². The number of hydrogen-bond donors (Lipinski definition) is 4. The first-order chi connectivity index (χ1) is 9.61. The number of rotatable bonds is 3. The Hall–Kier alpha value is -3.02. The van der Waals surface area contributed by atoms with Crippen molar-refractivity contribution < 1.29 is 15.1 Å². The molecule has 0 radical (unpaired) electrons. The molecule has 0 aliphatic carbocycles. The number of para-hydroxylation sites is 1. The zero-order valence-electron chi connectivity index (χ0n) is 10.4. The lowest BCUT2D eigenvalue weighted by molar-refractivity contribution is 0.102. The monoisotopic (exact) mass is 271 g/mol. The van der Waals surface area contributed by atoms with Gasteiger partial charge in [0.25, 0.3) is 5.91 Å². The van der Waals surface area contributed by atoms with Crippen LogP contribution < -0.4 is 11.1 Å². The smallest absolute Gasteiger partial charge is 0.255 e. The molecule has 102 valence electrons. The summed E-state index contributed by atoms with van der Waals surface area (Å²) in [5, 5.41) is 23.6. The van der Waals surface area contributed by atoms with Crippen molar-refractivity contribution >= 4 is 17.4 Å². The molecular formula is C14H13N3O3. The van der Waals surface area contributed by atoms with E-state index in [4.69, 9.17) is 10.9 Å². The summed E-state index contributed by atoms with van der Waals surface area (Å²) >= 11 is 0.